The number of ether oxygens (including phenoxy) is 2. The van der Waals surface area contributed by atoms with Crippen molar-refractivity contribution in [2.45, 2.75) is 32.1 Å². The molecule has 8 heteroatoms. The molecule has 0 bridgehead atoms. The minimum absolute atomic E-state index is 0.00558. The molecule has 7 nitrogen and oxygen atoms in total. The lowest BCUT2D eigenvalue weighted by Gasteiger charge is -2.26. The summed E-state index contributed by atoms with van der Waals surface area (Å²) in [5.41, 5.74) is 2.24. The molecule has 1 atom stereocenters. The van der Waals surface area contributed by atoms with Crippen molar-refractivity contribution in [1.82, 2.24) is 0 Å². The van der Waals surface area contributed by atoms with Crippen LogP contribution >= 0.6 is 11.8 Å². The van der Waals surface area contributed by atoms with Crippen molar-refractivity contribution in [3.63, 3.8) is 0 Å². The number of para-hydroxylation sites is 2. The van der Waals surface area contributed by atoms with E-state index in [4.69, 9.17) is 9.47 Å². The second kappa shape index (κ2) is 10.9. The second-order valence-corrected chi connectivity index (χ2v) is 7.88. The van der Waals surface area contributed by atoms with Crippen LogP contribution in [-0.2, 0) is 19.1 Å². The van der Waals surface area contributed by atoms with Crippen LogP contribution < -0.4 is 15.0 Å². The van der Waals surface area contributed by atoms with Gasteiger partial charge >= 0.3 is 5.97 Å². The molecule has 0 aliphatic carbocycles. The van der Waals surface area contributed by atoms with E-state index in [0.29, 0.717) is 30.4 Å². The Morgan fingerprint density at radius 1 is 1.10 bits per heavy atom. The molecule has 2 aromatic rings. The van der Waals surface area contributed by atoms with Crippen LogP contribution in [0.4, 0.5) is 11.4 Å². The van der Waals surface area contributed by atoms with Gasteiger partial charge in [-0.1, -0.05) is 24.3 Å². The Morgan fingerprint density at radius 2 is 1.90 bits per heavy atom. The van der Waals surface area contributed by atoms with Crippen LogP contribution in [-0.4, -0.2) is 36.8 Å². The van der Waals surface area contributed by atoms with Gasteiger partial charge in [0.15, 0.2) is 0 Å². The molecular weight excluding hydrogens is 416 g/mol. The molecule has 1 fully saturated rings. The number of anilines is 2. The number of nitrogens with one attached hydrogen (secondary N) is 1. The van der Waals surface area contributed by atoms with Crippen molar-refractivity contribution < 1.29 is 23.9 Å². The summed E-state index contributed by atoms with van der Waals surface area (Å²) in [6, 6.07) is 14.9. The molecule has 0 spiro atoms. The summed E-state index contributed by atoms with van der Waals surface area (Å²) in [6.45, 7) is 4.43. The van der Waals surface area contributed by atoms with E-state index in [1.54, 1.807) is 17.9 Å². The Kier molecular flexibility index (Phi) is 7.94. The molecule has 0 unspecified atom stereocenters. The summed E-state index contributed by atoms with van der Waals surface area (Å²) in [4.78, 5) is 38.1. The molecule has 2 amide bonds. The molecule has 0 aromatic heterocycles. The first-order valence-corrected chi connectivity index (χ1v) is 11.3. The van der Waals surface area contributed by atoms with Gasteiger partial charge in [0.2, 0.25) is 11.8 Å². The van der Waals surface area contributed by atoms with Crippen LogP contribution in [0.2, 0.25) is 0 Å². The molecule has 1 N–H and O–H groups in total. The molecule has 1 heterocycles. The zero-order valence-electron chi connectivity index (χ0n) is 17.6. The zero-order chi connectivity index (χ0) is 22.2. The third-order valence-electron chi connectivity index (χ3n) is 4.61. The number of carbonyl (C=O) groups is 3. The summed E-state index contributed by atoms with van der Waals surface area (Å²) >= 11 is 1.53. The minimum atomic E-state index is -0.393. The van der Waals surface area contributed by atoms with E-state index in [-0.39, 0.29) is 30.0 Å². The highest BCUT2D eigenvalue weighted by atomic mass is 32.2. The van der Waals surface area contributed by atoms with Crippen LogP contribution in [0, 0.1) is 0 Å². The number of esters is 1. The molecule has 3 rings (SSSR count). The Morgan fingerprint density at radius 3 is 2.68 bits per heavy atom. The van der Waals surface area contributed by atoms with Crippen molar-refractivity contribution >= 4 is 40.9 Å². The molecule has 1 aliphatic heterocycles. The predicted molar refractivity (Wildman–Crippen MR) is 121 cm³/mol. The normalized spacial score (nSPS) is 15.6. The van der Waals surface area contributed by atoms with Crippen LogP contribution in [0.3, 0.4) is 0 Å². The Bertz CT molecular complexity index is 949. The third-order valence-corrected chi connectivity index (χ3v) is 5.82. The van der Waals surface area contributed by atoms with E-state index in [9.17, 15) is 14.4 Å². The quantitative estimate of drug-likeness (QED) is 0.588. The Hall–Kier alpha value is -3.00. The first-order chi connectivity index (χ1) is 15.0. The second-order valence-electron chi connectivity index (χ2n) is 6.81. The van der Waals surface area contributed by atoms with Crippen LogP contribution in [0.1, 0.15) is 37.6 Å². The van der Waals surface area contributed by atoms with E-state index >= 15 is 0 Å². The van der Waals surface area contributed by atoms with Gasteiger partial charge in [-0.15, -0.1) is 11.8 Å². The zero-order valence-corrected chi connectivity index (χ0v) is 18.4. The van der Waals surface area contributed by atoms with E-state index in [0.717, 1.165) is 11.3 Å². The number of amides is 2. The van der Waals surface area contributed by atoms with Crippen molar-refractivity contribution in [3.8, 4) is 5.75 Å². The smallest absolute Gasteiger partial charge is 0.306 e. The Labute approximate surface area is 186 Å². The molecule has 2 aromatic carbocycles. The molecule has 0 radical (unpaired) electrons. The van der Waals surface area contributed by atoms with Gasteiger partial charge in [-0.25, -0.2) is 0 Å². The standard InChI is InChI=1S/C23H26N2O5S/c1-3-29-19-11-6-5-10-18(19)25-21(27)15-31-23(25)16-8-7-9-17(14-16)24-20(26)12-13-22(28)30-4-2/h5-11,14,23H,3-4,12-13,15H2,1-2H3,(H,24,26)/t23-/m1/s1. The first kappa shape index (κ1) is 22.7. The van der Waals surface area contributed by atoms with E-state index in [1.807, 2.05) is 49.4 Å². The highest BCUT2D eigenvalue weighted by molar-refractivity contribution is 8.00. The van der Waals surface area contributed by atoms with E-state index in [1.165, 1.54) is 11.8 Å². The summed E-state index contributed by atoms with van der Waals surface area (Å²) in [6.07, 6.45) is 0.0852. The van der Waals surface area contributed by atoms with Gasteiger partial charge in [0, 0.05) is 12.1 Å². The van der Waals surface area contributed by atoms with Gasteiger partial charge in [-0.05, 0) is 43.7 Å². The average Bonchev–Trinajstić information content (AvgIpc) is 3.15. The van der Waals surface area contributed by atoms with Gasteiger partial charge in [-0.2, -0.15) is 0 Å². The number of hydrogen-bond donors (Lipinski definition) is 1. The maximum Gasteiger partial charge on any atom is 0.306 e. The topological polar surface area (TPSA) is 84.9 Å². The number of rotatable bonds is 9. The predicted octanol–water partition coefficient (Wildman–Crippen LogP) is 4.15. The highest BCUT2D eigenvalue weighted by Crippen LogP contribution is 2.45. The minimum Gasteiger partial charge on any atom is -0.492 e. The van der Waals surface area contributed by atoms with Crippen LogP contribution in [0.5, 0.6) is 5.75 Å². The SMILES string of the molecule is CCOC(=O)CCC(=O)Nc1cccc([C@H]2SCC(=O)N2c2ccccc2OCC)c1. The van der Waals surface area contributed by atoms with Gasteiger partial charge in [0.05, 0.1) is 31.1 Å². The maximum atomic E-state index is 12.7. The van der Waals surface area contributed by atoms with Gasteiger partial charge in [-0.3, -0.25) is 19.3 Å². The van der Waals surface area contributed by atoms with Crippen LogP contribution in [0.15, 0.2) is 48.5 Å². The summed E-state index contributed by atoms with van der Waals surface area (Å²) in [5, 5.41) is 2.59. The fourth-order valence-electron chi connectivity index (χ4n) is 3.31. The van der Waals surface area contributed by atoms with Gasteiger partial charge < -0.3 is 14.8 Å². The number of hydrogen-bond acceptors (Lipinski definition) is 6. The van der Waals surface area contributed by atoms with Gasteiger partial charge in [0.1, 0.15) is 11.1 Å². The highest BCUT2D eigenvalue weighted by Gasteiger charge is 2.35. The van der Waals surface area contributed by atoms with E-state index in [2.05, 4.69) is 5.32 Å². The monoisotopic (exact) mass is 442 g/mol. The summed E-state index contributed by atoms with van der Waals surface area (Å²) in [5.74, 6) is 0.372. The molecule has 1 aliphatic rings. The third kappa shape index (κ3) is 5.79. The fourth-order valence-corrected chi connectivity index (χ4v) is 4.47. The number of nitrogens with zero attached hydrogens (tertiary/aromatic N) is 1. The number of carbonyl (C=O) groups excluding carboxylic acids is 3. The average molecular weight is 443 g/mol. The molecular formula is C23H26N2O5S. The van der Waals surface area contributed by atoms with Crippen molar-refractivity contribution in [2.75, 3.05) is 29.2 Å². The van der Waals surface area contributed by atoms with Crippen molar-refractivity contribution in [3.05, 3.63) is 54.1 Å². The molecule has 1 saturated heterocycles. The summed E-state index contributed by atoms with van der Waals surface area (Å²) in [7, 11) is 0. The van der Waals surface area contributed by atoms with Crippen molar-refractivity contribution in [1.29, 1.82) is 0 Å². The lowest BCUT2D eigenvalue weighted by Crippen LogP contribution is -2.28. The van der Waals surface area contributed by atoms with Crippen LogP contribution in [0.25, 0.3) is 0 Å². The number of benzene rings is 2. The summed E-state index contributed by atoms with van der Waals surface area (Å²) < 4.78 is 10.6. The fraction of sp³-hybridized carbons (Fsp3) is 0.348. The van der Waals surface area contributed by atoms with Gasteiger partial charge in [0.25, 0.3) is 0 Å². The lowest BCUT2D eigenvalue weighted by atomic mass is 10.1. The molecule has 164 valence electrons. The first-order valence-electron chi connectivity index (χ1n) is 10.2. The Balaban J connectivity index is 1.76. The lowest BCUT2D eigenvalue weighted by molar-refractivity contribution is -0.144. The molecule has 31 heavy (non-hydrogen) atoms. The molecule has 0 saturated carbocycles. The number of thioether (sulfide) groups is 1. The van der Waals surface area contributed by atoms with Crippen molar-refractivity contribution in [2.24, 2.45) is 0 Å². The largest absolute Gasteiger partial charge is 0.492 e. The maximum absolute atomic E-state index is 12.7. The van der Waals surface area contributed by atoms with E-state index < -0.39 is 5.97 Å².